The van der Waals surface area contributed by atoms with Crippen molar-refractivity contribution in [1.29, 1.82) is 0 Å². The third-order valence-electron chi connectivity index (χ3n) is 6.13. The summed E-state index contributed by atoms with van der Waals surface area (Å²) < 4.78 is 16.3. The van der Waals surface area contributed by atoms with Crippen LogP contribution in [0.5, 0.6) is 0 Å². The van der Waals surface area contributed by atoms with Crippen LogP contribution in [0, 0.1) is 5.82 Å². The van der Waals surface area contributed by atoms with Crippen LogP contribution < -0.4 is 0 Å². The fourth-order valence-corrected chi connectivity index (χ4v) is 4.52. The summed E-state index contributed by atoms with van der Waals surface area (Å²) in [7, 11) is 1.96. The largest absolute Gasteiger partial charge is 0.348 e. The molecule has 4 aromatic rings. The van der Waals surface area contributed by atoms with E-state index in [0.717, 1.165) is 49.3 Å². The monoisotopic (exact) mass is 404 g/mol. The summed E-state index contributed by atoms with van der Waals surface area (Å²) in [6.45, 7) is 1.48. The lowest BCUT2D eigenvalue weighted by Crippen LogP contribution is -2.34. The van der Waals surface area contributed by atoms with E-state index in [1.165, 1.54) is 17.3 Å². The van der Waals surface area contributed by atoms with Gasteiger partial charge in [0.15, 0.2) is 5.82 Å². The summed E-state index contributed by atoms with van der Waals surface area (Å²) in [6.07, 6.45) is 9.60. The normalized spacial score (nSPS) is 16.3. The molecule has 0 aliphatic heterocycles. The molecule has 0 bridgehead atoms. The number of benzene rings is 1. The number of halogens is 1. The van der Waals surface area contributed by atoms with Gasteiger partial charge in [-0.2, -0.15) is 0 Å². The summed E-state index contributed by atoms with van der Waals surface area (Å²) in [5.74, 6) is 0.589. The Balaban J connectivity index is 1.49. The first kappa shape index (κ1) is 18.9. The zero-order chi connectivity index (χ0) is 20.5. The summed E-state index contributed by atoms with van der Waals surface area (Å²) >= 11 is 0. The van der Waals surface area contributed by atoms with Crippen molar-refractivity contribution in [2.24, 2.45) is 7.05 Å². The van der Waals surface area contributed by atoms with Crippen molar-refractivity contribution in [2.45, 2.75) is 38.3 Å². The lowest BCUT2D eigenvalue weighted by atomic mass is 9.90. The number of fused-ring (bicyclic) bond motifs is 2. The number of hydrogen-bond donors (Lipinski definition) is 1. The number of hydrogen-bond acceptors (Lipinski definition) is 4. The minimum atomic E-state index is -0.275. The summed E-state index contributed by atoms with van der Waals surface area (Å²) in [6, 6.07) is 9.55. The third-order valence-corrected chi connectivity index (χ3v) is 6.13. The number of aromatic amines is 1. The number of aromatic nitrogens is 5. The zero-order valence-corrected chi connectivity index (χ0v) is 17.1. The lowest BCUT2D eigenvalue weighted by molar-refractivity contribution is 0.162. The van der Waals surface area contributed by atoms with Gasteiger partial charge < -0.3 is 9.55 Å². The van der Waals surface area contributed by atoms with Gasteiger partial charge in [0.25, 0.3) is 0 Å². The van der Waals surface area contributed by atoms with Gasteiger partial charge in [-0.05, 0) is 43.0 Å². The maximum Gasteiger partial charge on any atom is 0.151 e. The maximum atomic E-state index is 14.3. The van der Waals surface area contributed by atoms with Crippen LogP contribution >= 0.6 is 0 Å². The number of H-pyrrole nitrogens is 1. The number of imidazole rings is 2. The van der Waals surface area contributed by atoms with E-state index in [-0.39, 0.29) is 11.9 Å². The van der Waals surface area contributed by atoms with E-state index in [0.29, 0.717) is 12.1 Å². The smallest absolute Gasteiger partial charge is 0.151 e. The highest BCUT2D eigenvalue weighted by molar-refractivity contribution is 5.76. The van der Waals surface area contributed by atoms with Crippen LogP contribution in [-0.2, 0) is 26.4 Å². The van der Waals surface area contributed by atoms with Gasteiger partial charge >= 0.3 is 0 Å². The van der Waals surface area contributed by atoms with Gasteiger partial charge in [0.1, 0.15) is 11.3 Å². The average molecular weight is 404 g/mol. The molecule has 1 unspecified atom stereocenters. The molecule has 0 spiro atoms. The molecule has 0 fully saturated rings. The van der Waals surface area contributed by atoms with Gasteiger partial charge in [0.2, 0.25) is 0 Å². The number of nitrogens with one attached hydrogen (secondary N) is 1. The van der Waals surface area contributed by atoms with Crippen molar-refractivity contribution in [3.05, 3.63) is 77.6 Å². The second-order valence-electron chi connectivity index (χ2n) is 7.95. The number of pyridine rings is 1. The molecule has 0 saturated carbocycles. The van der Waals surface area contributed by atoms with Gasteiger partial charge in [-0.1, -0.05) is 12.1 Å². The second kappa shape index (κ2) is 7.99. The zero-order valence-electron chi connectivity index (χ0n) is 17.1. The van der Waals surface area contributed by atoms with Crippen molar-refractivity contribution in [1.82, 2.24) is 29.4 Å². The van der Waals surface area contributed by atoms with Crippen LogP contribution in [0.2, 0.25) is 0 Å². The van der Waals surface area contributed by atoms with E-state index in [2.05, 4.69) is 25.9 Å². The fourth-order valence-electron chi connectivity index (χ4n) is 4.52. The van der Waals surface area contributed by atoms with Crippen LogP contribution in [-0.4, -0.2) is 35.9 Å². The Hall–Kier alpha value is -3.06. The molecule has 3 aromatic heterocycles. The molecule has 3 heterocycles. The molecule has 6 nitrogen and oxygen atoms in total. The Morgan fingerprint density at radius 1 is 1.27 bits per heavy atom. The number of aryl methyl sites for hydroxylation is 2. The highest BCUT2D eigenvalue weighted by Crippen LogP contribution is 2.34. The molecule has 154 valence electrons. The molecule has 1 atom stereocenters. The molecule has 1 aromatic carbocycles. The minimum Gasteiger partial charge on any atom is -0.348 e. The van der Waals surface area contributed by atoms with Gasteiger partial charge in [-0.3, -0.25) is 9.88 Å². The lowest BCUT2D eigenvalue weighted by Gasteiger charge is -2.34. The number of rotatable bonds is 6. The Bertz CT molecular complexity index is 1150. The van der Waals surface area contributed by atoms with E-state index < -0.39 is 0 Å². The van der Waals surface area contributed by atoms with E-state index in [1.807, 2.05) is 36.1 Å². The van der Waals surface area contributed by atoms with E-state index in [4.69, 9.17) is 4.98 Å². The highest BCUT2D eigenvalue weighted by Gasteiger charge is 2.28. The van der Waals surface area contributed by atoms with Crippen LogP contribution in [0.25, 0.3) is 11.0 Å². The van der Waals surface area contributed by atoms with Gasteiger partial charge in [-0.15, -0.1) is 0 Å². The van der Waals surface area contributed by atoms with Crippen LogP contribution in [0.15, 0.2) is 49.1 Å². The number of nitrogens with zero attached hydrogens (tertiary/aromatic N) is 5. The van der Waals surface area contributed by atoms with Gasteiger partial charge in [0, 0.05) is 38.1 Å². The average Bonchev–Trinajstić information content (AvgIpc) is 3.40. The van der Waals surface area contributed by atoms with Crippen LogP contribution in [0.4, 0.5) is 4.39 Å². The molecular weight excluding hydrogens is 379 g/mol. The summed E-state index contributed by atoms with van der Waals surface area (Å²) in [5.41, 5.74) is 4.86. The second-order valence-corrected chi connectivity index (χ2v) is 7.95. The molecule has 1 aliphatic rings. The molecule has 5 rings (SSSR count). The molecule has 7 heteroatoms. The quantitative estimate of drug-likeness (QED) is 0.529. The Labute approximate surface area is 174 Å². The van der Waals surface area contributed by atoms with E-state index >= 15 is 0 Å². The molecule has 30 heavy (non-hydrogen) atoms. The topological polar surface area (TPSA) is 62.6 Å². The molecule has 1 aliphatic carbocycles. The molecule has 0 radical (unpaired) electrons. The highest BCUT2D eigenvalue weighted by atomic mass is 19.1. The van der Waals surface area contributed by atoms with Crippen molar-refractivity contribution in [3.63, 3.8) is 0 Å². The summed E-state index contributed by atoms with van der Waals surface area (Å²) in [4.78, 5) is 19.2. The van der Waals surface area contributed by atoms with Crippen molar-refractivity contribution < 1.29 is 4.39 Å². The first-order chi connectivity index (χ1) is 14.7. The molecule has 0 saturated heterocycles. The maximum absolute atomic E-state index is 14.3. The van der Waals surface area contributed by atoms with Gasteiger partial charge in [-0.25, -0.2) is 14.4 Å². The first-order valence-corrected chi connectivity index (χ1v) is 10.5. The minimum absolute atomic E-state index is 0.225. The summed E-state index contributed by atoms with van der Waals surface area (Å²) in [5, 5.41) is 0. The predicted octanol–water partition coefficient (Wildman–Crippen LogP) is 3.95. The standard InChI is InChI=1S/C23H25FN6/c1-29-19-8-3-7-18(24)23(19)28-21(29)14-30(12-10-17-13-25-15-27-17)20-9-2-5-16-6-4-11-26-22(16)20/h3-4,6-8,11,13,15,20H,2,5,9-10,12,14H2,1H3,(H,25,27). The van der Waals surface area contributed by atoms with E-state index in [1.54, 1.807) is 12.4 Å². The van der Waals surface area contributed by atoms with Crippen molar-refractivity contribution in [2.75, 3.05) is 6.54 Å². The van der Waals surface area contributed by atoms with Crippen LogP contribution in [0.1, 0.15) is 41.7 Å². The molecular formula is C23H25FN6. The van der Waals surface area contributed by atoms with Crippen LogP contribution in [0.3, 0.4) is 0 Å². The van der Waals surface area contributed by atoms with Crippen molar-refractivity contribution in [3.8, 4) is 0 Å². The number of para-hydroxylation sites is 1. The Morgan fingerprint density at radius 3 is 3.03 bits per heavy atom. The molecule has 1 N–H and O–H groups in total. The molecule has 0 amide bonds. The van der Waals surface area contributed by atoms with E-state index in [9.17, 15) is 4.39 Å². The fraction of sp³-hybridized carbons (Fsp3) is 0.348. The SMILES string of the molecule is Cn1c(CN(CCc2cnc[nH]2)C2CCCc3cccnc32)nc2c(F)cccc21. The van der Waals surface area contributed by atoms with Crippen molar-refractivity contribution >= 4 is 11.0 Å². The van der Waals surface area contributed by atoms with Gasteiger partial charge in [0.05, 0.1) is 30.1 Å². The predicted molar refractivity (Wildman–Crippen MR) is 113 cm³/mol. The first-order valence-electron chi connectivity index (χ1n) is 10.5. The Kier molecular flexibility index (Phi) is 5.04. The Morgan fingerprint density at radius 2 is 2.20 bits per heavy atom. The third kappa shape index (κ3) is 3.50.